The lowest BCUT2D eigenvalue weighted by molar-refractivity contribution is -0.129. The van der Waals surface area contributed by atoms with Crippen molar-refractivity contribution in [1.29, 1.82) is 0 Å². The predicted octanol–water partition coefficient (Wildman–Crippen LogP) is 2.40. The van der Waals surface area contributed by atoms with Crippen LogP contribution >= 0.6 is 11.6 Å². The summed E-state index contributed by atoms with van der Waals surface area (Å²) in [5.41, 5.74) is 0.922. The van der Waals surface area contributed by atoms with Crippen LogP contribution in [-0.2, 0) is 9.59 Å². The van der Waals surface area contributed by atoms with Gasteiger partial charge in [0.2, 0.25) is 5.91 Å². The van der Waals surface area contributed by atoms with E-state index < -0.39 is 24.4 Å². The van der Waals surface area contributed by atoms with Crippen molar-refractivity contribution in [3.8, 4) is 0 Å². The molecule has 1 saturated heterocycles. The lowest BCUT2D eigenvalue weighted by Gasteiger charge is -2.15. The van der Waals surface area contributed by atoms with E-state index in [-0.39, 0.29) is 23.6 Å². The SMILES string of the molecule is CN1CC(=O)N(CC(=O)Nc2ccc(Cl)cc2C(=O)c2ccccc2)C1=O. The topological polar surface area (TPSA) is 86.8 Å². The van der Waals surface area contributed by atoms with Crippen molar-refractivity contribution in [2.24, 2.45) is 0 Å². The molecule has 7 nitrogen and oxygen atoms in total. The minimum absolute atomic E-state index is 0.0647. The average molecular weight is 386 g/mol. The van der Waals surface area contributed by atoms with Gasteiger partial charge in [0.15, 0.2) is 5.78 Å². The maximum absolute atomic E-state index is 12.8. The van der Waals surface area contributed by atoms with Crippen LogP contribution in [0.2, 0.25) is 5.02 Å². The number of amides is 4. The molecule has 8 heteroatoms. The third-order valence-corrected chi connectivity index (χ3v) is 4.30. The molecule has 1 N–H and O–H groups in total. The van der Waals surface area contributed by atoms with Gasteiger partial charge >= 0.3 is 6.03 Å². The second kappa shape index (κ2) is 7.59. The van der Waals surface area contributed by atoms with Crippen LogP contribution < -0.4 is 5.32 Å². The number of urea groups is 1. The van der Waals surface area contributed by atoms with Crippen LogP contribution in [0, 0.1) is 0 Å². The number of hydrogen-bond acceptors (Lipinski definition) is 4. The molecule has 1 aliphatic rings. The summed E-state index contributed by atoms with van der Waals surface area (Å²) < 4.78 is 0. The molecule has 0 aromatic heterocycles. The molecule has 4 amide bonds. The first-order chi connectivity index (χ1) is 12.9. The van der Waals surface area contributed by atoms with E-state index in [1.807, 2.05) is 0 Å². The lowest BCUT2D eigenvalue weighted by atomic mass is 10.0. The lowest BCUT2D eigenvalue weighted by Crippen LogP contribution is -2.38. The normalized spacial score (nSPS) is 13.9. The molecule has 2 aromatic carbocycles. The highest BCUT2D eigenvalue weighted by Crippen LogP contribution is 2.24. The molecular weight excluding hydrogens is 370 g/mol. The van der Waals surface area contributed by atoms with Crippen molar-refractivity contribution in [2.45, 2.75) is 0 Å². The van der Waals surface area contributed by atoms with E-state index in [9.17, 15) is 19.2 Å². The van der Waals surface area contributed by atoms with Crippen LogP contribution in [0.15, 0.2) is 48.5 Å². The summed E-state index contributed by atoms with van der Waals surface area (Å²) in [6.07, 6.45) is 0. The molecule has 1 heterocycles. The van der Waals surface area contributed by atoms with Gasteiger partial charge in [-0.25, -0.2) is 4.79 Å². The second-order valence-corrected chi connectivity index (χ2v) is 6.49. The Labute approximate surface area is 160 Å². The molecule has 3 rings (SSSR count). The number of ketones is 1. The fraction of sp³-hybridized carbons (Fsp3) is 0.158. The molecule has 0 bridgehead atoms. The summed E-state index contributed by atoms with van der Waals surface area (Å²) >= 11 is 6.01. The zero-order valence-electron chi connectivity index (χ0n) is 14.4. The Morgan fingerprint density at radius 2 is 1.81 bits per heavy atom. The number of hydrogen-bond donors (Lipinski definition) is 1. The number of rotatable bonds is 5. The van der Waals surface area contributed by atoms with Crippen LogP contribution in [0.4, 0.5) is 10.5 Å². The van der Waals surface area contributed by atoms with E-state index in [4.69, 9.17) is 11.6 Å². The fourth-order valence-electron chi connectivity index (χ4n) is 2.72. The zero-order valence-corrected chi connectivity index (χ0v) is 15.2. The second-order valence-electron chi connectivity index (χ2n) is 6.05. The van der Waals surface area contributed by atoms with Crippen molar-refractivity contribution < 1.29 is 19.2 Å². The van der Waals surface area contributed by atoms with Gasteiger partial charge in [0.05, 0.1) is 5.69 Å². The number of halogens is 1. The molecule has 27 heavy (non-hydrogen) atoms. The van der Waals surface area contributed by atoms with E-state index in [1.54, 1.807) is 36.4 Å². The third kappa shape index (κ3) is 3.98. The molecule has 0 saturated carbocycles. The summed E-state index contributed by atoms with van der Waals surface area (Å²) in [4.78, 5) is 50.9. The van der Waals surface area contributed by atoms with Crippen LogP contribution in [0.5, 0.6) is 0 Å². The Hall–Kier alpha value is -3.19. The standard InChI is InChI=1S/C19H16ClN3O4/c1-22-11-17(25)23(19(22)27)10-16(24)21-15-8-7-13(20)9-14(15)18(26)12-5-3-2-4-6-12/h2-9H,10-11H2,1H3,(H,21,24). The molecule has 1 fully saturated rings. The number of likely N-dealkylation sites (N-methyl/N-ethyl adjacent to an activating group) is 1. The van der Waals surface area contributed by atoms with Gasteiger partial charge in [-0.3, -0.25) is 19.3 Å². The van der Waals surface area contributed by atoms with E-state index in [2.05, 4.69) is 5.32 Å². The number of benzene rings is 2. The fourth-order valence-corrected chi connectivity index (χ4v) is 2.89. The zero-order chi connectivity index (χ0) is 19.6. The van der Waals surface area contributed by atoms with Crippen LogP contribution in [0.25, 0.3) is 0 Å². The van der Waals surface area contributed by atoms with Crippen LogP contribution in [0.3, 0.4) is 0 Å². The van der Waals surface area contributed by atoms with E-state index in [0.29, 0.717) is 10.6 Å². The molecule has 0 radical (unpaired) electrons. The minimum Gasteiger partial charge on any atom is -0.324 e. The van der Waals surface area contributed by atoms with E-state index in [1.165, 1.54) is 24.1 Å². The average Bonchev–Trinajstić information content (AvgIpc) is 2.89. The smallest absolute Gasteiger partial charge is 0.324 e. The van der Waals surface area contributed by atoms with Crippen LogP contribution in [-0.4, -0.2) is 53.6 Å². The summed E-state index contributed by atoms with van der Waals surface area (Å²) in [6, 6.07) is 12.6. The van der Waals surface area contributed by atoms with Crippen molar-refractivity contribution in [2.75, 3.05) is 25.5 Å². The highest BCUT2D eigenvalue weighted by atomic mass is 35.5. The molecule has 0 spiro atoms. The number of nitrogens with zero attached hydrogens (tertiary/aromatic N) is 2. The largest absolute Gasteiger partial charge is 0.327 e. The van der Waals surface area contributed by atoms with Gasteiger partial charge in [-0.05, 0) is 18.2 Å². The van der Waals surface area contributed by atoms with Crippen LogP contribution in [0.1, 0.15) is 15.9 Å². The maximum atomic E-state index is 12.8. The van der Waals surface area contributed by atoms with Gasteiger partial charge in [-0.1, -0.05) is 41.9 Å². The summed E-state index contributed by atoms with van der Waals surface area (Å²) in [6.45, 7) is -0.492. The van der Waals surface area contributed by atoms with Gasteiger partial charge in [0, 0.05) is 23.2 Å². The number of nitrogens with one attached hydrogen (secondary N) is 1. The van der Waals surface area contributed by atoms with Crippen molar-refractivity contribution >= 4 is 40.9 Å². The molecule has 0 atom stereocenters. The predicted molar refractivity (Wildman–Crippen MR) is 99.7 cm³/mol. The van der Waals surface area contributed by atoms with Gasteiger partial charge in [0.25, 0.3) is 5.91 Å². The van der Waals surface area contributed by atoms with Crippen molar-refractivity contribution in [3.63, 3.8) is 0 Å². The molecule has 0 aliphatic carbocycles. The van der Waals surface area contributed by atoms with Gasteiger partial charge in [0.1, 0.15) is 13.1 Å². The Kier molecular flexibility index (Phi) is 5.23. The Balaban J connectivity index is 1.81. The van der Waals surface area contributed by atoms with E-state index in [0.717, 1.165) is 4.90 Å². The number of carbonyl (C=O) groups is 4. The minimum atomic E-state index is -0.587. The highest BCUT2D eigenvalue weighted by Gasteiger charge is 2.34. The first-order valence-electron chi connectivity index (χ1n) is 8.11. The number of anilines is 1. The third-order valence-electron chi connectivity index (χ3n) is 4.07. The molecular formula is C19H16ClN3O4. The van der Waals surface area contributed by atoms with E-state index >= 15 is 0 Å². The monoisotopic (exact) mass is 385 g/mol. The summed E-state index contributed by atoms with van der Waals surface area (Å²) in [5.74, 6) is -1.34. The quantitative estimate of drug-likeness (QED) is 0.632. The first kappa shape index (κ1) is 18.6. The number of carbonyl (C=O) groups excluding carboxylic acids is 4. The maximum Gasteiger partial charge on any atom is 0.327 e. The van der Waals surface area contributed by atoms with Gasteiger partial charge in [-0.2, -0.15) is 0 Å². The Morgan fingerprint density at radius 3 is 2.44 bits per heavy atom. The summed E-state index contributed by atoms with van der Waals surface area (Å²) in [5, 5.41) is 2.93. The van der Waals surface area contributed by atoms with Crippen molar-refractivity contribution in [1.82, 2.24) is 9.80 Å². The molecule has 138 valence electrons. The van der Waals surface area contributed by atoms with Crippen molar-refractivity contribution in [3.05, 3.63) is 64.7 Å². The number of imide groups is 1. The molecule has 0 unspecified atom stereocenters. The molecule has 1 aliphatic heterocycles. The first-order valence-corrected chi connectivity index (χ1v) is 8.49. The summed E-state index contributed by atoms with van der Waals surface area (Å²) in [7, 11) is 1.48. The highest BCUT2D eigenvalue weighted by molar-refractivity contribution is 6.31. The van der Waals surface area contributed by atoms with Gasteiger partial charge in [-0.15, -0.1) is 0 Å². The molecule has 2 aromatic rings. The van der Waals surface area contributed by atoms with Gasteiger partial charge < -0.3 is 10.2 Å². The Morgan fingerprint density at radius 1 is 1.11 bits per heavy atom. The Bertz CT molecular complexity index is 930.